The van der Waals surface area contributed by atoms with Crippen LogP contribution in [0.5, 0.6) is 0 Å². The third-order valence-corrected chi connectivity index (χ3v) is 11.8. The third kappa shape index (κ3) is 4.84. The Morgan fingerprint density at radius 1 is 1.04 bits per heavy atom. The summed E-state index contributed by atoms with van der Waals surface area (Å²) >= 11 is 0. The number of ether oxygens (including phenoxy) is 5. The van der Waals surface area contributed by atoms with Crippen LogP contribution in [0.1, 0.15) is 92.4 Å². The topological polar surface area (TPSA) is 144 Å². The second-order valence-corrected chi connectivity index (χ2v) is 14.7. The fraction of sp³-hybridized carbons (Fsp3) is 0.730. The summed E-state index contributed by atoms with van der Waals surface area (Å²) in [4.78, 5) is 26.4. The first-order chi connectivity index (χ1) is 22.3. The number of hydrogen-bond acceptors (Lipinski definition) is 10. The number of allylic oxidation sites excluding steroid dienone is 3. The van der Waals surface area contributed by atoms with Crippen molar-refractivity contribution < 1.29 is 48.6 Å². The van der Waals surface area contributed by atoms with E-state index in [0.29, 0.717) is 5.57 Å². The lowest BCUT2D eigenvalue weighted by Crippen LogP contribution is -2.76. The standard InChI is InChI=1S/C37H52O10/c1-7-8-9-10-11-12-13-14-15-16-17-18-19-34-45-31-27-30-33(21-38,44-30)32(41)35(42)26(20-23(4)28(35)40)37(27,47-34)24(5)29(43-25(6)39)36(31,46-34)22(2)3/h16-20,24,26-27,29-32,38,41-42H,2,7-15,21H2,1,3-6H3. The zero-order valence-corrected chi connectivity index (χ0v) is 28.4. The van der Waals surface area contributed by atoms with Gasteiger partial charge in [0.1, 0.15) is 30.0 Å². The zero-order valence-electron chi connectivity index (χ0n) is 28.4. The fourth-order valence-electron chi connectivity index (χ4n) is 9.55. The van der Waals surface area contributed by atoms with Crippen molar-refractivity contribution in [3.05, 3.63) is 48.1 Å². The van der Waals surface area contributed by atoms with Gasteiger partial charge in [0.15, 0.2) is 17.0 Å². The quantitative estimate of drug-likeness (QED) is 0.0811. The van der Waals surface area contributed by atoms with Gasteiger partial charge in [-0.25, -0.2) is 0 Å². The molecule has 3 saturated heterocycles. The molecule has 6 rings (SSSR count). The molecule has 3 heterocycles. The fourth-order valence-corrected chi connectivity index (χ4v) is 9.55. The summed E-state index contributed by atoms with van der Waals surface area (Å²) < 4.78 is 32.6. The maximum Gasteiger partial charge on any atom is 0.307 e. The number of unbranched alkanes of at least 4 members (excludes halogenated alkanes) is 8. The van der Waals surface area contributed by atoms with Gasteiger partial charge in [0.25, 0.3) is 0 Å². The zero-order chi connectivity index (χ0) is 34.0. The van der Waals surface area contributed by atoms with Gasteiger partial charge in [-0.2, -0.15) is 0 Å². The van der Waals surface area contributed by atoms with E-state index >= 15 is 0 Å². The van der Waals surface area contributed by atoms with Crippen LogP contribution in [-0.2, 0) is 33.3 Å². The summed E-state index contributed by atoms with van der Waals surface area (Å²) in [6.45, 7) is 12.3. The summed E-state index contributed by atoms with van der Waals surface area (Å²) in [5.41, 5.74) is -6.13. The lowest BCUT2D eigenvalue weighted by molar-refractivity contribution is -0.407. The number of rotatable bonds is 14. The maximum absolute atomic E-state index is 13.7. The lowest BCUT2D eigenvalue weighted by Gasteiger charge is -2.61. The molecule has 10 nitrogen and oxygen atoms in total. The normalized spacial score (nSPS) is 45.9. The van der Waals surface area contributed by atoms with E-state index in [1.54, 1.807) is 32.1 Å². The molecule has 3 bridgehead atoms. The highest BCUT2D eigenvalue weighted by atomic mass is 16.9. The molecular weight excluding hydrogens is 604 g/mol. The van der Waals surface area contributed by atoms with Crippen LogP contribution >= 0.6 is 0 Å². The SMILES string of the molecule is C=C(C)C12OC3(C=CC=CCCCCCCCCCC)OC1C1C4OC4(CO)C(O)C4(O)C(=O)C(C)=CC4C1(O3)C(C)C2OC(C)=O. The second kappa shape index (κ2) is 12.3. The molecule has 2 saturated carbocycles. The molecule has 6 aliphatic rings. The predicted octanol–water partition coefficient (Wildman–Crippen LogP) is 4.36. The van der Waals surface area contributed by atoms with Crippen LogP contribution in [0.2, 0.25) is 0 Å². The van der Waals surface area contributed by atoms with Gasteiger partial charge in [0, 0.05) is 30.8 Å². The summed E-state index contributed by atoms with van der Waals surface area (Å²) in [7, 11) is 0. The van der Waals surface area contributed by atoms with Crippen LogP contribution in [-0.4, -0.2) is 86.5 Å². The number of hydrogen-bond donors (Lipinski definition) is 3. The largest absolute Gasteiger partial charge is 0.459 e. The van der Waals surface area contributed by atoms with E-state index in [-0.39, 0.29) is 5.57 Å². The van der Waals surface area contributed by atoms with Gasteiger partial charge >= 0.3 is 11.9 Å². The molecule has 3 aliphatic heterocycles. The minimum Gasteiger partial charge on any atom is -0.459 e. The van der Waals surface area contributed by atoms with Gasteiger partial charge in [0.2, 0.25) is 0 Å². The number of epoxide rings is 1. The highest BCUT2D eigenvalue weighted by molar-refractivity contribution is 6.05. The Morgan fingerprint density at radius 2 is 1.72 bits per heavy atom. The van der Waals surface area contributed by atoms with Crippen LogP contribution in [0, 0.1) is 17.8 Å². The molecule has 47 heavy (non-hydrogen) atoms. The van der Waals surface area contributed by atoms with Crippen LogP contribution in [0.4, 0.5) is 0 Å². The first-order valence-corrected chi connectivity index (χ1v) is 17.5. The summed E-state index contributed by atoms with van der Waals surface area (Å²) in [5, 5.41) is 34.6. The van der Waals surface area contributed by atoms with Gasteiger partial charge in [0.05, 0.1) is 12.2 Å². The highest BCUT2D eigenvalue weighted by Crippen LogP contribution is 2.73. The second-order valence-electron chi connectivity index (χ2n) is 14.7. The van der Waals surface area contributed by atoms with Gasteiger partial charge in [-0.1, -0.05) is 89.7 Å². The smallest absolute Gasteiger partial charge is 0.307 e. The van der Waals surface area contributed by atoms with Crippen LogP contribution in [0.3, 0.4) is 0 Å². The maximum atomic E-state index is 13.7. The van der Waals surface area contributed by atoms with Crippen molar-refractivity contribution >= 4 is 11.8 Å². The monoisotopic (exact) mass is 656 g/mol. The molecule has 260 valence electrons. The Bertz CT molecular complexity index is 1370. The molecule has 3 aliphatic carbocycles. The Kier molecular flexibility index (Phi) is 9.07. The van der Waals surface area contributed by atoms with Crippen molar-refractivity contribution in [3.8, 4) is 0 Å². The predicted molar refractivity (Wildman–Crippen MR) is 172 cm³/mol. The Morgan fingerprint density at radius 3 is 2.36 bits per heavy atom. The van der Waals surface area contributed by atoms with Crippen molar-refractivity contribution in [1.29, 1.82) is 0 Å². The van der Waals surface area contributed by atoms with E-state index in [2.05, 4.69) is 19.6 Å². The summed E-state index contributed by atoms with van der Waals surface area (Å²) in [5.74, 6) is -5.58. The van der Waals surface area contributed by atoms with E-state index in [9.17, 15) is 24.9 Å². The van der Waals surface area contributed by atoms with E-state index in [1.807, 2.05) is 13.0 Å². The molecular formula is C37H52O10. The number of esters is 1. The molecule has 0 amide bonds. The molecule has 3 N–H and O–H groups in total. The van der Waals surface area contributed by atoms with Crippen molar-refractivity contribution in [2.24, 2.45) is 17.8 Å². The molecule has 12 atom stereocenters. The van der Waals surface area contributed by atoms with Crippen molar-refractivity contribution in [1.82, 2.24) is 0 Å². The number of carbonyl (C=O) groups excluding carboxylic acids is 2. The van der Waals surface area contributed by atoms with Crippen molar-refractivity contribution in [2.75, 3.05) is 6.61 Å². The van der Waals surface area contributed by atoms with Crippen molar-refractivity contribution in [2.45, 2.75) is 145 Å². The molecule has 5 fully saturated rings. The first kappa shape index (κ1) is 34.7. The van der Waals surface area contributed by atoms with Crippen LogP contribution < -0.4 is 0 Å². The Balaban J connectivity index is 1.35. The minimum atomic E-state index is -2.38. The third-order valence-electron chi connectivity index (χ3n) is 11.8. The minimum absolute atomic E-state index is 0.252. The molecule has 12 unspecified atom stereocenters. The van der Waals surface area contributed by atoms with Crippen LogP contribution in [0.25, 0.3) is 0 Å². The molecule has 0 aromatic heterocycles. The van der Waals surface area contributed by atoms with Crippen LogP contribution in [0.15, 0.2) is 48.1 Å². The summed E-state index contributed by atoms with van der Waals surface area (Å²) in [6, 6.07) is 0. The number of aliphatic hydroxyl groups is 3. The van der Waals surface area contributed by atoms with E-state index in [0.717, 1.165) is 12.8 Å². The molecule has 0 aromatic rings. The molecule has 0 radical (unpaired) electrons. The average molecular weight is 657 g/mol. The highest BCUT2D eigenvalue weighted by Gasteiger charge is 2.90. The Labute approximate surface area is 277 Å². The van der Waals surface area contributed by atoms with Gasteiger partial charge in [-0.15, -0.1) is 0 Å². The van der Waals surface area contributed by atoms with Gasteiger partial charge in [-0.05, 0) is 37.8 Å². The summed E-state index contributed by atoms with van der Waals surface area (Å²) in [6.07, 6.45) is 15.5. The number of carbonyl (C=O) groups is 2. The number of fused-ring (bicyclic) bond motifs is 3. The van der Waals surface area contributed by atoms with Crippen molar-refractivity contribution in [3.63, 3.8) is 0 Å². The average Bonchev–Trinajstić information content (AvgIpc) is 3.66. The molecule has 0 aromatic carbocycles. The molecule has 10 heteroatoms. The number of Topliss-reactive ketones (excluding diaryl/α,β-unsaturated/α-hetero) is 1. The Hall–Kier alpha value is -2.18. The van der Waals surface area contributed by atoms with Gasteiger partial charge < -0.3 is 39.0 Å². The van der Waals surface area contributed by atoms with E-state index in [1.165, 1.54) is 51.9 Å². The number of ketones is 1. The first-order valence-electron chi connectivity index (χ1n) is 17.5. The van der Waals surface area contributed by atoms with Gasteiger partial charge in [-0.3, -0.25) is 9.59 Å². The lowest BCUT2D eigenvalue weighted by atomic mass is 9.53. The molecule has 0 spiro atoms. The number of aliphatic hydroxyl groups excluding tert-OH is 2. The van der Waals surface area contributed by atoms with E-state index < -0.39 is 88.9 Å². The van der Waals surface area contributed by atoms with E-state index in [4.69, 9.17) is 23.7 Å².